The first-order valence-electron chi connectivity index (χ1n) is 2.84. The van der Waals surface area contributed by atoms with E-state index in [-0.39, 0.29) is 0 Å². The quantitative estimate of drug-likeness (QED) is 0.482. The first kappa shape index (κ1) is 10.0. The summed E-state index contributed by atoms with van der Waals surface area (Å²) in [6, 6.07) is 0. The molecule has 0 N–H and O–H groups in total. The third-order valence-electron chi connectivity index (χ3n) is 1.07. The first-order chi connectivity index (χ1) is 4.54. The lowest BCUT2D eigenvalue weighted by atomic mass is 10.9. The van der Waals surface area contributed by atoms with Gasteiger partial charge in [0.15, 0.2) is 0 Å². The van der Waals surface area contributed by atoms with Crippen LogP contribution in [0.1, 0.15) is 6.92 Å². The molecular formula is C5H12O3SSi. The Morgan fingerprint density at radius 1 is 1.30 bits per heavy atom. The van der Waals surface area contributed by atoms with Gasteiger partial charge in [0.05, 0.1) is 0 Å². The molecule has 10 heavy (non-hydrogen) atoms. The minimum absolute atomic E-state index is 0.456. The summed E-state index contributed by atoms with van der Waals surface area (Å²) in [5, 5.41) is 0.456. The molecule has 0 saturated heterocycles. The van der Waals surface area contributed by atoms with E-state index in [2.05, 4.69) is 0 Å². The molecule has 0 aliphatic carbocycles. The molecule has 60 valence electrons. The average molecular weight is 180 g/mol. The van der Waals surface area contributed by atoms with Gasteiger partial charge in [-0.2, -0.15) is 0 Å². The molecule has 0 amide bonds. The molecule has 0 heterocycles. The standard InChI is InChI=1S/C5H12O3SSi/c1-5(9)8-10(4,6-2)7-3/h1-4H3. The third-order valence-corrected chi connectivity index (χ3v) is 3.46. The summed E-state index contributed by atoms with van der Waals surface area (Å²) in [5.41, 5.74) is 0. The molecule has 0 saturated carbocycles. The molecule has 0 aromatic rings. The van der Waals surface area contributed by atoms with Gasteiger partial charge in [-0.05, 0) is 12.2 Å². The van der Waals surface area contributed by atoms with Gasteiger partial charge in [0, 0.05) is 27.7 Å². The van der Waals surface area contributed by atoms with Crippen molar-refractivity contribution < 1.29 is 13.3 Å². The highest BCUT2D eigenvalue weighted by Gasteiger charge is 2.34. The fourth-order valence-corrected chi connectivity index (χ4v) is 1.74. The average Bonchev–Trinajstić information content (AvgIpc) is 1.87. The summed E-state index contributed by atoms with van der Waals surface area (Å²) >= 11 is 4.73. The van der Waals surface area contributed by atoms with Gasteiger partial charge < -0.3 is 13.3 Å². The van der Waals surface area contributed by atoms with Gasteiger partial charge in [-0.1, -0.05) is 0 Å². The van der Waals surface area contributed by atoms with Crippen LogP contribution in [0.15, 0.2) is 0 Å². The maximum Gasteiger partial charge on any atom is 0.562 e. The molecule has 0 fully saturated rings. The molecule has 0 spiro atoms. The Hall–Kier alpha value is 0.0269. The Labute approximate surface area is 67.6 Å². The summed E-state index contributed by atoms with van der Waals surface area (Å²) in [6.45, 7) is 3.47. The SMILES string of the molecule is CO[Si](C)(OC)OC(C)=S. The predicted octanol–water partition coefficient (Wildman–Crippen LogP) is 1.21. The van der Waals surface area contributed by atoms with Gasteiger partial charge in [0.25, 0.3) is 0 Å². The second kappa shape index (κ2) is 4.02. The number of thiocarbonyl (C=S) groups is 1. The normalized spacial score (nSPS) is 11.2. The molecule has 0 aromatic carbocycles. The molecule has 0 radical (unpaired) electrons. The third kappa shape index (κ3) is 3.26. The van der Waals surface area contributed by atoms with E-state index in [1.807, 2.05) is 0 Å². The van der Waals surface area contributed by atoms with Gasteiger partial charge >= 0.3 is 8.80 Å². The van der Waals surface area contributed by atoms with Gasteiger partial charge in [0.2, 0.25) is 0 Å². The lowest BCUT2D eigenvalue weighted by Gasteiger charge is -2.21. The summed E-state index contributed by atoms with van der Waals surface area (Å²) in [5.74, 6) is 0. The molecule has 3 nitrogen and oxygen atoms in total. The minimum atomic E-state index is -2.40. The zero-order valence-corrected chi connectivity index (χ0v) is 8.45. The van der Waals surface area contributed by atoms with Crippen LogP contribution < -0.4 is 0 Å². The van der Waals surface area contributed by atoms with E-state index in [0.29, 0.717) is 5.05 Å². The summed E-state index contributed by atoms with van der Waals surface area (Å²) in [4.78, 5) is 0. The summed E-state index contributed by atoms with van der Waals surface area (Å²) in [7, 11) is 0.698. The fraction of sp³-hybridized carbons (Fsp3) is 0.800. The van der Waals surface area contributed by atoms with Crippen LogP contribution in [0.3, 0.4) is 0 Å². The second-order valence-electron chi connectivity index (χ2n) is 1.86. The maximum atomic E-state index is 5.16. The largest absolute Gasteiger partial charge is 0.562 e. The monoisotopic (exact) mass is 180 g/mol. The van der Waals surface area contributed by atoms with Crippen LogP contribution in [0.2, 0.25) is 6.55 Å². The van der Waals surface area contributed by atoms with Crippen molar-refractivity contribution in [3.8, 4) is 0 Å². The number of rotatable bonds is 3. The van der Waals surface area contributed by atoms with Crippen LogP contribution >= 0.6 is 12.2 Å². The van der Waals surface area contributed by atoms with Crippen molar-refractivity contribution in [2.75, 3.05) is 14.2 Å². The van der Waals surface area contributed by atoms with Crippen molar-refractivity contribution in [2.24, 2.45) is 0 Å². The zero-order chi connectivity index (χ0) is 8.20. The van der Waals surface area contributed by atoms with E-state index in [9.17, 15) is 0 Å². The van der Waals surface area contributed by atoms with Crippen molar-refractivity contribution in [3.05, 3.63) is 0 Å². The van der Waals surface area contributed by atoms with Crippen molar-refractivity contribution >= 4 is 26.1 Å². The summed E-state index contributed by atoms with van der Waals surface area (Å²) in [6.07, 6.45) is 0. The van der Waals surface area contributed by atoms with Crippen LogP contribution in [0.5, 0.6) is 0 Å². The highest BCUT2D eigenvalue weighted by molar-refractivity contribution is 7.80. The Bertz CT molecular complexity index is 124. The van der Waals surface area contributed by atoms with Crippen LogP contribution in [-0.2, 0) is 13.3 Å². The van der Waals surface area contributed by atoms with Gasteiger partial charge in [-0.3, -0.25) is 0 Å². The highest BCUT2D eigenvalue weighted by atomic mass is 32.1. The van der Waals surface area contributed by atoms with Crippen molar-refractivity contribution in [2.45, 2.75) is 13.5 Å². The van der Waals surface area contributed by atoms with Crippen LogP contribution in [0.4, 0.5) is 0 Å². The van der Waals surface area contributed by atoms with Crippen molar-refractivity contribution in [1.82, 2.24) is 0 Å². The minimum Gasteiger partial charge on any atom is -0.495 e. The van der Waals surface area contributed by atoms with Crippen LogP contribution in [0.25, 0.3) is 0 Å². The highest BCUT2D eigenvalue weighted by Crippen LogP contribution is 2.06. The zero-order valence-electron chi connectivity index (χ0n) is 6.63. The molecule has 5 heteroatoms. The Kier molecular flexibility index (Phi) is 4.03. The predicted molar refractivity (Wildman–Crippen MR) is 45.0 cm³/mol. The second-order valence-corrected chi connectivity index (χ2v) is 5.18. The van der Waals surface area contributed by atoms with Crippen LogP contribution in [-0.4, -0.2) is 28.1 Å². The van der Waals surface area contributed by atoms with E-state index in [4.69, 9.17) is 25.5 Å². The van der Waals surface area contributed by atoms with E-state index in [1.165, 1.54) is 0 Å². The Morgan fingerprint density at radius 3 is 1.80 bits per heavy atom. The molecule has 0 rings (SSSR count). The molecule has 0 aliphatic rings. The molecule has 0 bridgehead atoms. The van der Waals surface area contributed by atoms with Gasteiger partial charge in [0.1, 0.15) is 5.05 Å². The lowest BCUT2D eigenvalue weighted by molar-refractivity contribution is 0.166. The van der Waals surface area contributed by atoms with Gasteiger partial charge in [-0.15, -0.1) is 0 Å². The molecule has 0 unspecified atom stereocenters. The fourth-order valence-electron chi connectivity index (χ4n) is 0.428. The lowest BCUT2D eigenvalue weighted by Crippen LogP contribution is -2.41. The molecule has 0 aliphatic heterocycles. The van der Waals surface area contributed by atoms with E-state index in [0.717, 1.165) is 0 Å². The Morgan fingerprint density at radius 2 is 1.70 bits per heavy atom. The van der Waals surface area contributed by atoms with E-state index < -0.39 is 8.80 Å². The molecule has 0 aromatic heterocycles. The topological polar surface area (TPSA) is 27.7 Å². The summed E-state index contributed by atoms with van der Waals surface area (Å²) < 4.78 is 15.2. The van der Waals surface area contributed by atoms with Crippen LogP contribution in [0, 0.1) is 0 Å². The first-order valence-corrected chi connectivity index (χ1v) is 5.47. The molecular weight excluding hydrogens is 168 g/mol. The number of hydrogen-bond acceptors (Lipinski definition) is 4. The molecule has 0 atom stereocenters. The van der Waals surface area contributed by atoms with E-state index >= 15 is 0 Å². The van der Waals surface area contributed by atoms with E-state index in [1.54, 1.807) is 27.7 Å². The van der Waals surface area contributed by atoms with Crippen molar-refractivity contribution in [1.29, 1.82) is 0 Å². The van der Waals surface area contributed by atoms with Gasteiger partial charge in [-0.25, -0.2) is 0 Å². The maximum absolute atomic E-state index is 5.16. The van der Waals surface area contributed by atoms with Crippen molar-refractivity contribution in [3.63, 3.8) is 0 Å². The Balaban J connectivity index is 3.92. The smallest absolute Gasteiger partial charge is 0.495 e. The number of hydrogen-bond donors (Lipinski definition) is 0.